The fourth-order valence-electron chi connectivity index (χ4n) is 1.31. The molecule has 0 amide bonds. The zero-order chi connectivity index (χ0) is 9.07. The van der Waals surface area contributed by atoms with Gasteiger partial charge < -0.3 is 4.74 Å². The smallest absolute Gasteiger partial charge is 0.0462 e. The summed E-state index contributed by atoms with van der Waals surface area (Å²) in [5.41, 5.74) is 0. The Morgan fingerprint density at radius 3 is 1.83 bits per heavy atom. The molecule has 0 aromatic carbocycles. The molecule has 0 saturated carbocycles. The van der Waals surface area contributed by atoms with E-state index in [1.165, 1.54) is 44.9 Å². The number of ether oxygens (including phenoxy) is 1. The Labute approximate surface area is 77.5 Å². The van der Waals surface area contributed by atoms with E-state index in [-0.39, 0.29) is 0 Å². The summed E-state index contributed by atoms with van der Waals surface area (Å²) in [6, 6.07) is 0. The quantitative estimate of drug-likeness (QED) is 0.482. The van der Waals surface area contributed by atoms with Gasteiger partial charge in [0.1, 0.15) is 0 Å². The van der Waals surface area contributed by atoms with Gasteiger partial charge in [0, 0.05) is 13.7 Å². The summed E-state index contributed by atoms with van der Waals surface area (Å²) < 4.78 is 4.98. The summed E-state index contributed by atoms with van der Waals surface area (Å²) in [7, 11) is 1.77. The first kappa shape index (κ1) is 12.0. The maximum absolute atomic E-state index is 4.98. The van der Waals surface area contributed by atoms with Crippen LogP contribution in [0.2, 0.25) is 0 Å². The molecule has 1 radical (unpaired) electrons. The molecule has 0 aliphatic heterocycles. The van der Waals surface area contributed by atoms with Crippen molar-refractivity contribution in [2.24, 2.45) is 0 Å². The molecular formula is C11H23O. The van der Waals surface area contributed by atoms with Crippen LogP contribution >= 0.6 is 0 Å². The maximum Gasteiger partial charge on any atom is 0.0462 e. The number of hydrogen-bond acceptors (Lipinski definition) is 1. The van der Waals surface area contributed by atoms with E-state index in [0.717, 1.165) is 13.0 Å². The second-order valence-electron chi connectivity index (χ2n) is 3.32. The largest absolute Gasteiger partial charge is 0.385 e. The van der Waals surface area contributed by atoms with Crippen LogP contribution in [0.4, 0.5) is 0 Å². The Kier molecular flexibility index (Phi) is 10.9. The lowest BCUT2D eigenvalue weighted by Crippen LogP contribution is -1.88. The fraction of sp³-hybridized carbons (Fsp3) is 0.909. The van der Waals surface area contributed by atoms with Crippen molar-refractivity contribution < 1.29 is 4.74 Å². The molecule has 1 heteroatoms. The van der Waals surface area contributed by atoms with Gasteiger partial charge in [-0.2, -0.15) is 0 Å². The summed E-state index contributed by atoms with van der Waals surface area (Å²) in [5.74, 6) is 0. The predicted molar refractivity (Wildman–Crippen MR) is 54.2 cm³/mol. The Hall–Kier alpha value is -0.0400. The third-order valence-electron chi connectivity index (χ3n) is 2.10. The van der Waals surface area contributed by atoms with Gasteiger partial charge in [-0.25, -0.2) is 0 Å². The molecule has 0 aromatic heterocycles. The van der Waals surface area contributed by atoms with Gasteiger partial charge in [-0.1, -0.05) is 51.9 Å². The highest BCUT2D eigenvalue weighted by atomic mass is 16.5. The first-order valence-electron chi connectivity index (χ1n) is 5.20. The van der Waals surface area contributed by atoms with Gasteiger partial charge in [-0.3, -0.25) is 0 Å². The van der Waals surface area contributed by atoms with Crippen molar-refractivity contribution in [3.8, 4) is 0 Å². The van der Waals surface area contributed by atoms with Crippen LogP contribution in [-0.4, -0.2) is 13.7 Å². The van der Waals surface area contributed by atoms with Crippen LogP contribution in [0.1, 0.15) is 51.4 Å². The molecule has 0 spiro atoms. The second-order valence-corrected chi connectivity index (χ2v) is 3.32. The fourth-order valence-corrected chi connectivity index (χ4v) is 1.31. The molecule has 0 saturated heterocycles. The highest BCUT2D eigenvalue weighted by Crippen LogP contribution is 2.07. The van der Waals surface area contributed by atoms with Crippen molar-refractivity contribution in [2.75, 3.05) is 13.7 Å². The van der Waals surface area contributed by atoms with Crippen molar-refractivity contribution in [1.29, 1.82) is 0 Å². The van der Waals surface area contributed by atoms with Crippen molar-refractivity contribution in [1.82, 2.24) is 0 Å². The maximum atomic E-state index is 4.98. The summed E-state index contributed by atoms with van der Waals surface area (Å²) in [6.07, 6.45) is 10.5. The van der Waals surface area contributed by atoms with E-state index in [1.807, 2.05) is 0 Å². The van der Waals surface area contributed by atoms with E-state index in [2.05, 4.69) is 6.92 Å². The van der Waals surface area contributed by atoms with Crippen LogP contribution in [0.15, 0.2) is 0 Å². The molecule has 73 valence electrons. The lowest BCUT2D eigenvalue weighted by molar-refractivity contribution is 0.192. The zero-order valence-electron chi connectivity index (χ0n) is 8.48. The lowest BCUT2D eigenvalue weighted by Gasteiger charge is -2.00. The Balaban J connectivity index is 2.73. The molecular weight excluding hydrogens is 148 g/mol. The zero-order valence-corrected chi connectivity index (χ0v) is 8.48. The molecule has 1 nitrogen and oxygen atoms in total. The summed E-state index contributed by atoms with van der Waals surface area (Å²) in [5, 5.41) is 0. The van der Waals surface area contributed by atoms with E-state index in [0.29, 0.717) is 0 Å². The Morgan fingerprint density at radius 2 is 1.33 bits per heavy atom. The second kappa shape index (κ2) is 11.0. The molecule has 0 aliphatic rings. The number of methoxy groups -OCH3 is 1. The van der Waals surface area contributed by atoms with E-state index >= 15 is 0 Å². The average Bonchev–Trinajstić information content (AvgIpc) is 2.10. The van der Waals surface area contributed by atoms with Gasteiger partial charge in [0.25, 0.3) is 0 Å². The number of rotatable bonds is 9. The molecule has 0 fully saturated rings. The minimum atomic E-state index is 0.929. The summed E-state index contributed by atoms with van der Waals surface area (Å²) >= 11 is 0. The third kappa shape index (κ3) is 9.96. The van der Waals surface area contributed by atoms with E-state index in [4.69, 9.17) is 4.74 Å². The van der Waals surface area contributed by atoms with Crippen molar-refractivity contribution >= 4 is 0 Å². The molecule has 0 unspecified atom stereocenters. The van der Waals surface area contributed by atoms with Crippen molar-refractivity contribution in [3.05, 3.63) is 6.92 Å². The van der Waals surface area contributed by atoms with Crippen LogP contribution in [0.25, 0.3) is 0 Å². The summed E-state index contributed by atoms with van der Waals surface area (Å²) in [6.45, 7) is 4.76. The van der Waals surface area contributed by atoms with Crippen molar-refractivity contribution in [2.45, 2.75) is 51.4 Å². The Morgan fingerprint density at radius 1 is 0.833 bits per heavy atom. The molecule has 0 atom stereocenters. The van der Waals surface area contributed by atoms with Crippen LogP contribution in [0, 0.1) is 6.92 Å². The van der Waals surface area contributed by atoms with Gasteiger partial charge in [-0.15, -0.1) is 0 Å². The van der Waals surface area contributed by atoms with E-state index in [9.17, 15) is 0 Å². The SMILES string of the molecule is [CH2]CCCCCCCCCOC. The predicted octanol–water partition coefficient (Wildman–Crippen LogP) is 3.59. The minimum Gasteiger partial charge on any atom is -0.385 e. The first-order chi connectivity index (χ1) is 5.91. The van der Waals surface area contributed by atoms with Gasteiger partial charge >= 0.3 is 0 Å². The monoisotopic (exact) mass is 171 g/mol. The molecule has 0 aromatic rings. The van der Waals surface area contributed by atoms with Gasteiger partial charge in [0.15, 0.2) is 0 Å². The van der Waals surface area contributed by atoms with Gasteiger partial charge in [0.05, 0.1) is 0 Å². The number of hydrogen-bond donors (Lipinski definition) is 0. The average molecular weight is 171 g/mol. The van der Waals surface area contributed by atoms with Gasteiger partial charge in [0.2, 0.25) is 0 Å². The van der Waals surface area contributed by atoms with Crippen molar-refractivity contribution in [3.63, 3.8) is 0 Å². The first-order valence-corrected chi connectivity index (χ1v) is 5.20. The van der Waals surface area contributed by atoms with Crippen LogP contribution < -0.4 is 0 Å². The normalized spacial score (nSPS) is 10.5. The molecule has 0 aliphatic carbocycles. The lowest BCUT2D eigenvalue weighted by atomic mass is 10.1. The van der Waals surface area contributed by atoms with Gasteiger partial charge in [-0.05, 0) is 6.42 Å². The standard InChI is InChI=1S/C11H23O/c1-3-4-5-6-7-8-9-10-11-12-2/h1,3-11H2,2H3. The highest BCUT2D eigenvalue weighted by molar-refractivity contribution is 4.47. The number of unbranched alkanes of at least 4 members (excludes halogenated alkanes) is 7. The molecule has 0 bridgehead atoms. The van der Waals surface area contributed by atoms with E-state index in [1.54, 1.807) is 7.11 Å². The molecule has 0 N–H and O–H groups in total. The van der Waals surface area contributed by atoms with Crippen LogP contribution in [0.5, 0.6) is 0 Å². The van der Waals surface area contributed by atoms with Crippen LogP contribution in [0.3, 0.4) is 0 Å². The summed E-state index contributed by atoms with van der Waals surface area (Å²) in [4.78, 5) is 0. The molecule has 0 heterocycles. The molecule has 0 rings (SSSR count). The topological polar surface area (TPSA) is 9.23 Å². The Bertz CT molecular complexity index is 61.4. The minimum absolute atomic E-state index is 0.929. The molecule has 12 heavy (non-hydrogen) atoms. The van der Waals surface area contributed by atoms with E-state index < -0.39 is 0 Å². The van der Waals surface area contributed by atoms with Crippen LogP contribution in [-0.2, 0) is 4.74 Å². The highest BCUT2D eigenvalue weighted by Gasteiger charge is 1.90. The third-order valence-corrected chi connectivity index (χ3v) is 2.10.